The highest BCUT2D eigenvalue weighted by Gasteiger charge is 2.22. The van der Waals surface area contributed by atoms with Gasteiger partial charge in [-0.2, -0.15) is 5.26 Å². The summed E-state index contributed by atoms with van der Waals surface area (Å²) >= 11 is 1.18. The zero-order valence-electron chi connectivity index (χ0n) is 14.5. The highest BCUT2D eigenvalue weighted by Crippen LogP contribution is 2.34. The number of nitriles is 1. The van der Waals surface area contributed by atoms with E-state index in [0.717, 1.165) is 16.7 Å². The van der Waals surface area contributed by atoms with Crippen LogP contribution in [0, 0.1) is 28.4 Å². The van der Waals surface area contributed by atoms with Crippen molar-refractivity contribution >= 4 is 17.4 Å². The van der Waals surface area contributed by atoms with Crippen molar-refractivity contribution in [2.75, 3.05) is 6.26 Å². The molecule has 0 atom stereocenters. The predicted octanol–water partition coefficient (Wildman–Crippen LogP) is 3.91. The van der Waals surface area contributed by atoms with Crippen LogP contribution >= 0.6 is 11.8 Å². The van der Waals surface area contributed by atoms with Crippen LogP contribution in [0.2, 0.25) is 0 Å². The molecule has 0 fully saturated rings. The molecule has 3 rings (SSSR count). The van der Waals surface area contributed by atoms with Crippen LogP contribution in [-0.4, -0.2) is 21.1 Å². The molecule has 2 aromatic carbocycles. The number of aryl methyl sites for hydroxylation is 1. The molecule has 27 heavy (non-hydrogen) atoms. The quantitative estimate of drug-likeness (QED) is 0.319. The molecule has 134 valence electrons. The van der Waals surface area contributed by atoms with Crippen LogP contribution in [0.15, 0.2) is 52.4 Å². The van der Waals surface area contributed by atoms with Gasteiger partial charge in [-0.1, -0.05) is 41.6 Å². The normalized spacial score (nSPS) is 10.4. The van der Waals surface area contributed by atoms with Gasteiger partial charge in [-0.15, -0.1) is 0 Å². The number of nitro benzene ring substituents is 1. The number of benzene rings is 2. The summed E-state index contributed by atoms with van der Waals surface area (Å²) < 4.78 is 0. The SMILES string of the molecule is CSc1nc(-c2cc(-c3ccc(C)cc3)ccc2[N+](=O)[O-])c(C#N)c(=O)[nH]1. The summed E-state index contributed by atoms with van der Waals surface area (Å²) in [6, 6.07) is 14.1. The Balaban J connectivity index is 2.31. The molecule has 0 bridgehead atoms. The minimum Gasteiger partial charge on any atom is -0.300 e. The Bertz CT molecular complexity index is 1130. The first-order chi connectivity index (χ1) is 12.9. The first-order valence-electron chi connectivity index (χ1n) is 7.89. The van der Waals surface area contributed by atoms with Gasteiger partial charge in [-0.05, 0) is 36.4 Å². The zero-order chi connectivity index (χ0) is 19.6. The predicted molar refractivity (Wildman–Crippen MR) is 104 cm³/mol. The third kappa shape index (κ3) is 3.59. The summed E-state index contributed by atoms with van der Waals surface area (Å²) in [5.41, 5.74) is 1.74. The second-order valence-corrected chi connectivity index (χ2v) is 6.56. The molecule has 1 aromatic heterocycles. The molecule has 0 amide bonds. The van der Waals surface area contributed by atoms with E-state index in [2.05, 4.69) is 9.97 Å². The fourth-order valence-electron chi connectivity index (χ4n) is 2.66. The molecule has 3 aromatic rings. The van der Waals surface area contributed by atoms with Gasteiger partial charge in [0.05, 0.1) is 10.5 Å². The van der Waals surface area contributed by atoms with E-state index in [4.69, 9.17) is 0 Å². The number of hydrogen-bond acceptors (Lipinski definition) is 6. The lowest BCUT2D eigenvalue weighted by atomic mass is 9.98. The zero-order valence-corrected chi connectivity index (χ0v) is 15.3. The molecule has 0 radical (unpaired) electrons. The Morgan fingerprint density at radius 3 is 2.44 bits per heavy atom. The molecule has 0 aliphatic rings. The molecule has 0 saturated carbocycles. The summed E-state index contributed by atoms with van der Waals surface area (Å²) in [5.74, 6) is 0. The van der Waals surface area contributed by atoms with Crippen molar-refractivity contribution in [1.29, 1.82) is 5.26 Å². The van der Waals surface area contributed by atoms with E-state index in [1.165, 1.54) is 17.8 Å². The van der Waals surface area contributed by atoms with Crippen molar-refractivity contribution in [3.05, 3.63) is 74.1 Å². The number of rotatable bonds is 4. The number of nitro groups is 1. The molecule has 1 heterocycles. The fourth-order valence-corrected chi connectivity index (χ4v) is 3.04. The summed E-state index contributed by atoms with van der Waals surface area (Å²) in [6.07, 6.45) is 1.71. The molecule has 7 nitrogen and oxygen atoms in total. The van der Waals surface area contributed by atoms with Crippen LogP contribution in [0.3, 0.4) is 0 Å². The lowest BCUT2D eigenvalue weighted by molar-refractivity contribution is -0.384. The van der Waals surface area contributed by atoms with Gasteiger partial charge in [0.2, 0.25) is 0 Å². The molecular formula is C19H14N4O3S. The molecule has 0 spiro atoms. The topological polar surface area (TPSA) is 113 Å². The van der Waals surface area contributed by atoms with Crippen molar-refractivity contribution in [3.63, 3.8) is 0 Å². The Morgan fingerprint density at radius 2 is 1.85 bits per heavy atom. The van der Waals surface area contributed by atoms with Crippen LogP contribution in [0.1, 0.15) is 11.1 Å². The summed E-state index contributed by atoms with van der Waals surface area (Å²) in [7, 11) is 0. The van der Waals surface area contributed by atoms with E-state index in [-0.39, 0.29) is 27.7 Å². The Labute approximate surface area is 158 Å². The van der Waals surface area contributed by atoms with Crippen molar-refractivity contribution in [2.24, 2.45) is 0 Å². The second-order valence-electron chi connectivity index (χ2n) is 5.77. The van der Waals surface area contributed by atoms with Gasteiger partial charge in [0.25, 0.3) is 11.2 Å². The number of hydrogen-bond donors (Lipinski definition) is 1. The first-order valence-corrected chi connectivity index (χ1v) is 9.11. The van der Waals surface area contributed by atoms with Gasteiger partial charge in [0.1, 0.15) is 17.3 Å². The molecular weight excluding hydrogens is 364 g/mol. The largest absolute Gasteiger partial charge is 0.300 e. The number of nitrogens with one attached hydrogen (secondary N) is 1. The van der Waals surface area contributed by atoms with Gasteiger partial charge < -0.3 is 4.98 Å². The smallest absolute Gasteiger partial charge is 0.278 e. The van der Waals surface area contributed by atoms with Gasteiger partial charge in [-0.3, -0.25) is 14.9 Å². The monoisotopic (exact) mass is 378 g/mol. The fraction of sp³-hybridized carbons (Fsp3) is 0.105. The molecule has 0 saturated heterocycles. The maximum Gasteiger partial charge on any atom is 0.278 e. The van der Waals surface area contributed by atoms with Gasteiger partial charge in [-0.25, -0.2) is 4.98 Å². The van der Waals surface area contributed by atoms with E-state index in [1.807, 2.05) is 37.3 Å². The average Bonchev–Trinajstić information content (AvgIpc) is 2.67. The molecule has 1 N–H and O–H groups in total. The Morgan fingerprint density at radius 1 is 1.19 bits per heavy atom. The van der Waals surface area contributed by atoms with Crippen LogP contribution in [0.5, 0.6) is 0 Å². The average molecular weight is 378 g/mol. The Hall–Kier alpha value is -3.44. The van der Waals surface area contributed by atoms with Crippen molar-refractivity contribution < 1.29 is 4.92 Å². The standard InChI is InChI=1S/C19H14N4O3S/c1-11-3-5-12(6-4-11)13-7-8-16(23(25)26)14(9-13)17-15(10-20)18(24)22-19(21-17)27-2/h3-9H,1-2H3,(H,21,22,24). The third-order valence-corrected chi connectivity index (χ3v) is 4.62. The van der Waals surface area contributed by atoms with Crippen LogP contribution < -0.4 is 5.56 Å². The summed E-state index contributed by atoms with van der Waals surface area (Å²) in [5, 5.41) is 21.2. The minimum absolute atomic E-state index is 0.00580. The van der Waals surface area contributed by atoms with Crippen molar-refractivity contribution in [3.8, 4) is 28.5 Å². The number of nitrogens with zero attached hydrogens (tertiary/aromatic N) is 3. The van der Waals surface area contributed by atoms with Crippen molar-refractivity contribution in [2.45, 2.75) is 12.1 Å². The number of aromatic amines is 1. The number of thioether (sulfide) groups is 1. The second kappa shape index (κ2) is 7.43. The Kier molecular flexibility index (Phi) is 5.05. The first kappa shape index (κ1) is 18.4. The maximum atomic E-state index is 12.2. The molecule has 0 unspecified atom stereocenters. The highest BCUT2D eigenvalue weighted by molar-refractivity contribution is 7.98. The maximum absolute atomic E-state index is 12.2. The number of H-pyrrole nitrogens is 1. The van der Waals surface area contributed by atoms with E-state index >= 15 is 0 Å². The van der Waals surface area contributed by atoms with E-state index in [0.29, 0.717) is 0 Å². The van der Waals surface area contributed by atoms with Crippen LogP contribution in [0.25, 0.3) is 22.4 Å². The molecule has 0 aliphatic heterocycles. The van der Waals surface area contributed by atoms with Gasteiger partial charge >= 0.3 is 0 Å². The van der Waals surface area contributed by atoms with Crippen LogP contribution in [0.4, 0.5) is 5.69 Å². The van der Waals surface area contributed by atoms with E-state index in [9.17, 15) is 20.2 Å². The lowest BCUT2D eigenvalue weighted by Gasteiger charge is -2.09. The minimum atomic E-state index is -0.623. The van der Waals surface area contributed by atoms with Gasteiger partial charge in [0.15, 0.2) is 5.16 Å². The van der Waals surface area contributed by atoms with Crippen molar-refractivity contribution in [1.82, 2.24) is 9.97 Å². The molecule has 0 aliphatic carbocycles. The van der Waals surface area contributed by atoms with Crippen LogP contribution in [-0.2, 0) is 0 Å². The van der Waals surface area contributed by atoms with E-state index in [1.54, 1.807) is 18.4 Å². The van der Waals surface area contributed by atoms with E-state index < -0.39 is 10.5 Å². The summed E-state index contributed by atoms with van der Waals surface area (Å²) in [6.45, 7) is 1.97. The number of aromatic nitrogens is 2. The van der Waals surface area contributed by atoms with Gasteiger partial charge in [0, 0.05) is 6.07 Å². The molecule has 8 heteroatoms. The summed E-state index contributed by atoms with van der Waals surface area (Å²) in [4.78, 5) is 29.9. The third-order valence-electron chi connectivity index (χ3n) is 4.04. The lowest BCUT2D eigenvalue weighted by Crippen LogP contribution is -2.15. The highest BCUT2D eigenvalue weighted by atomic mass is 32.2.